The van der Waals surface area contributed by atoms with Gasteiger partial charge in [-0.15, -0.1) is 11.3 Å². The highest BCUT2D eigenvalue weighted by Crippen LogP contribution is 2.26. The molecule has 1 amide bonds. The summed E-state index contributed by atoms with van der Waals surface area (Å²) in [7, 11) is 0. The standard InChI is InChI=1S/C14H18N2O3S/c17-12-6-3-7-16(12)14-15-10(9-20-14)8-13(18)19-11-4-1-2-5-11/h9,11H,1-8H2. The summed E-state index contributed by atoms with van der Waals surface area (Å²) in [5.41, 5.74) is 0.702. The third-order valence-corrected chi connectivity index (χ3v) is 4.68. The van der Waals surface area contributed by atoms with Gasteiger partial charge >= 0.3 is 5.97 Å². The fourth-order valence-corrected chi connectivity index (χ4v) is 3.60. The van der Waals surface area contributed by atoms with Crippen molar-refractivity contribution in [2.24, 2.45) is 0 Å². The number of nitrogens with zero attached hydrogens (tertiary/aromatic N) is 2. The van der Waals surface area contributed by atoms with Crippen LogP contribution in [0.3, 0.4) is 0 Å². The largest absolute Gasteiger partial charge is 0.462 e. The SMILES string of the molecule is O=C(Cc1csc(N2CCCC2=O)n1)OC1CCCC1. The Labute approximate surface area is 121 Å². The molecule has 2 aliphatic rings. The van der Waals surface area contributed by atoms with E-state index >= 15 is 0 Å². The zero-order valence-corrected chi connectivity index (χ0v) is 12.2. The van der Waals surface area contributed by atoms with Crippen LogP contribution in [0.1, 0.15) is 44.2 Å². The second kappa shape index (κ2) is 5.91. The summed E-state index contributed by atoms with van der Waals surface area (Å²) in [6, 6.07) is 0. The van der Waals surface area contributed by atoms with Crippen molar-refractivity contribution in [1.29, 1.82) is 0 Å². The summed E-state index contributed by atoms with van der Waals surface area (Å²) < 4.78 is 5.42. The van der Waals surface area contributed by atoms with E-state index in [0.717, 1.165) is 38.6 Å². The molecule has 1 saturated heterocycles. The summed E-state index contributed by atoms with van der Waals surface area (Å²) in [5.74, 6) is -0.0825. The zero-order valence-electron chi connectivity index (χ0n) is 11.3. The number of carbonyl (C=O) groups excluding carboxylic acids is 2. The maximum Gasteiger partial charge on any atom is 0.312 e. The van der Waals surface area contributed by atoms with E-state index in [4.69, 9.17) is 4.74 Å². The normalized spacial score (nSPS) is 19.8. The quantitative estimate of drug-likeness (QED) is 0.799. The second-order valence-corrected chi connectivity index (χ2v) is 6.18. The predicted molar refractivity (Wildman–Crippen MR) is 75.8 cm³/mol. The first-order valence-corrected chi connectivity index (χ1v) is 8.04. The van der Waals surface area contributed by atoms with Gasteiger partial charge in [0, 0.05) is 18.3 Å². The number of esters is 1. The van der Waals surface area contributed by atoms with E-state index in [2.05, 4.69) is 4.98 Å². The number of hydrogen-bond acceptors (Lipinski definition) is 5. The van der Waals surface area contributed by atoms with Gasteiger partial charge in [0.05, 0.1) is 12.1 Å². The molecule has 0 N–H and O–H groups in total. The molecule has 0 aromatic carbocycles. The molecule has 1 aromatic heterocycles. The minimum Gasteiger partial charge on any atom is -0.462 e. The molecule has 0 atom stereocenters. The molecular formula is C14H18N2O3S. The lowest BCUT2D eigenvalue weighted by Gasteiger charge is -2.11. The van der Waals surface area contributed by atoms with Crippen molar-refractivity contribution in [2.45, 2.75) is 51.0 Å². The first kappa shape index (κ1) is 13.5. The molecule has 1 saturated carbocycles. The minimum atomic E-state index is -0.207. The monoisotopic (exact) mass is 294 g/mol. The van der Waals surface area contributed by atoms with Crippen molar-refractivity contribution in [3.63, 3.8) is 0 Å². The molecule has 20 heavy (non-hydrogen) atoms. The van der Waals surface area contributed by atoms with Gasteiger partial charge in [-0.25, -0.2) is 4.98 Å². The smallest absolute Gasteiger partial charge is 0.312 e. The number of rotatable bonds is 4. The lowest BCUT2D eigenvalue weighted by Crippen LogP contribution is -2.23. The van der Waals surface area contributed by atoms with Crippen molar-refractivity contribution in [3.8, 4) is 0 Å². The van der Waals surface area contributed by atoms with Gasteiger partial charge in [-0.05, 0) is 32.1 Å². The van der Waals surface area contributed by atoms with Crippen molar-refractivity contribution in [2.75, 3.05) is 11.4 Å². The Morgan fingerprint density at radius 2 is 2.20 bits per heavy atom. The van der Waals surface area contributed by atoms with Gasteiger partial charge in [0.1, 0.15) is 6.10 Å². The van der Waals surface area contributed by atoms with Crippen molar-refractivity contribution in [1.82, 2.24) is 4.98 Å². The van der Waals surface area contributed by atoms with Crippen LogP contribution in [0.25, 0.3) is 0 Å². The molecule has 1 aliphatic heterocycles. The molecule has 0 bridgehead atoms. The Kier molecular flexibility index (Phi) is 4.00. The van der Waals surface area contributed by atoms with Gasteiger partial charge in [-0.1, -0.05) is 0 Å². The molecular weight excluding hydrogens is 276 g/mol. The molecule has 5 nitrogen and oxygen atoms in total. The van der Waals surface area contributed by atoms with E-state index in [1.807, 2.05) is 5.38 Å². The van der Waals surface area contributed by atoms with E-state index < -0.39 is 0 Å². The maximum atomic E-state index is 11.8. The topological polar surface area (TPSA) is 59.5 Å². The molecule has 6 heteroatoms. The summed E-state index contributed by atoms with van der Waals surface area (Å²) in [6.45, 7) is 0.734. The van der Waals surface area contributed by atoms with E-state index in [1.54, 1.807) is 4.90 Å². The molecule has 1 aliphatic carbocycles. The number of carbonyl (C=O) groups is 2. The lowest BCUT2D eigenvalue weighted by molar-refractivity contribution is -0.147. The van der Waals surface area contributed by atoms with E-state index in [0.29, 0.717) is 17.2 Å². The van der Waals surface area contributed by atoms with E-state index in [1.165, 1.54) is 11.3 Å². The Hall–Kier alpha value is -1.43. The average molecular weight is 294 g/mol. The van der Waals surface area contributed by atoms with Crippen LogP contribution in [0.5, 0.6) is 0 Å². The molecule has 0 unspecified atom stereocenters. The fraction of sp³-hybridized carbons (Fsp3) is 0.643. The molecule has 3 rings (SSSR count). The molecule has 2 heterocycles. The highest BCUT2D eigenvalue weighted by molar-refractivity contribution is 7.14. The number of ether oxygens (including phenoxy) is 1. The molecule has 0 spiro atoms. The van der Waals surface area contributed by atoms with Crippen LogP contribution >= 0.6 is 11.3 Å². The Morgan fingerprint density at radius 1 is 1.40 bits per heavy atom. The van der Waals surface area contributed by atoms with Gasteiger partial charge < -0.3 is 4.74 Å². The fourth-order valence-electron chi connectivity index (χ4n) is 2.73. The van der Waals surface area contributed by atoms with Crippen molar-refractivity contribution >= 4 is 28.3 Å². The number of thiazole rings is 1. The third kappa shape index (κ3) is 3.00. The van der Waals surface area contributed by atoms with Crippen LogP contribution in [0.4, 0.5) is 5.13 Å². The van der Waals surface area contributed by atoms with Crippen molar-refractivity contribution in [3.05, 3.63) is 11.1 Å². The lowest BCUT2D eigenvalue weighted by atomic mass is 10.3. The highest BCUT2D eigenvalue weighted by atomic mass is 32.1. The van der Waals surface area contributed by atoms with Crippen LogP contribution < -0.4 is 4.90 Å². The van der Waals surface area contributed by atoms with Crippen LogP contribution in [0.2, 0.25) is 0 Å². The Balaban J connectivity index is 1.56. The predicted octanol–water partition coefficient (Wildman–Crippen LogP) is 2.30. The summed E-state index contributed by atoms with van der Waals surface area (Å²) in [5, 5.41) is 2.55. The van der Waals surface area contributed by atoms with Gasteiger partial charge in [0.15, 0.2) is 5.13 Å². The molecule has 1 aromatic rings. The number of aromatic nitrogens is 1. The molecule has 0 radical (unpaired) electrons. The summed E-state index contributed by atoms with van der Waals surface area (Å²) in [6.07, 6.45) is 6.05. The summed E-state index contributed by atoms with van der Waals surface area (Å²) in [4.78, 5) is 29.5. The van der Waals surface area contributed by atoms with E-state index in [-0.39, 0.29) is 24.4 Å². The molecule has 2 fully saturated rings. The summed E-state index contributed by atoms with van der Waals surface area (Å²) >= 11 is 1.42. The van der Waals surface area contributed by atoms with Gasteiger partial charge in [0.2, 0.25) is 5.91 Å². The van der Waals surface area contributed by atoms with Crippen LogP contribution in [0, 0.1) is 0 Å². The van der Waals surface area contributed by atoms with Gasteiger partial charge in [-0.2, -0.15) is 0 Å². The first-order chi connectivity index (χ1) is 9.72. The van der Waals surface area contributed by atoms with Crippen molar-refractivity contribution < 1.29 is 14.3 Å². The zero-order chi connectivity index (χ0) is 13.9. The average Bonchev–Trinajstić information content (AvgIpc) is 3.11. The third-order valence-electron chi connectivity index (χ3n) is 3.77. The van der Waals surface area contributed by atoms with E-state index in [9.17, 15) is 9.59 Å². The van der Waals surface area contributed by atoms with Gasteiger partial charge in [0.25, 0.3) is 0 Å². The number of amides is 1. The van der Waals surface area contributed by atoms with Gasteiger partial charge in [-0.3, -0.25) is 14.5 Å². The Bertz CT molecular complexity index is 508. The van der Waals surface area contributed by atoms with Crippen LogP contribution in [0.15, 0.2) is 5.38 Å². The van der Waals surface area contributed by atoms with Crippen LogP contribution in [-0.2, 0) is 20.7 Å². The number of hydrogen-bond donors (Lipinski definition) is 0. The Morgan fingerprint density at radius 3 is 2.90 bits per heavy atom. The number of anilines is 1. The minimum absolute atomic E-state index is 0.0979. The second-order valence-electron chi connectivity index (χ2n) is 5.34. The first-order valence-electron chi connectivity index (χ1n) is 7.16. The molecule has 108 valence electrons. The highest BCUT2D eigenvalue weighted by Gasteiger charge is 2.25. The van der Waals surface area contributed by atoms with Crippen LogP contribution in [-0.4, -0.2) is 29.5 Å². The maximum absolute atomic E-state index is 11.8.